The first-order valence-corrected chi connectivity index (χ1v) is 7.26. The van der Waals surface area contributed by atoms with Gasteiger partial charge in [-0.1, -0.05) is 28.1 Å². The number of nitrogens with two attached hydrogens (primary N) is 1. The number of ether oxygens (including phenoxy) is 1. The predicted octanol–water partition coefficient (Wildman–Crippen LogP) is 3.55. The van der Waals surface area contributed by atoms with Crippen LogP contribution in [-0.2, 0) is 13.1 Å². The van der Waals surface area contributed by atoms with Crippen LogP contribution in [0.15, 0.2) is 46.9 Å². The Morgan fingerprint density at radius 2 is 2.00 bits per heavy atom. The summed E-state index contributed by atoms with van der Waals surface area (Å²) >= 11 is 3.50. The summed E-state index contributed by atoms with van der Waals surface area (Å²) in [6, 6.07) is 14.3. The monoisotopic (exact) mass is 334 g/mol. The third-order valence-corrected chi connectivity index (χ3v) is 3.73. The normalized spacial score (nSPS) is 10.4. The van der Waals surface area contributed by atoms with Crippen molar-refractivity contribution in [2.75, 3.05) is 19.1 Å². The van der Waals surface area contributed by atoms with Crippen molar-refractivity contribution < 1.29 is 4.74 Å². The van der Waals surface area contributed by atoms with Crippen molar-refractivity contribution in [1.82, 2.24) is 0 Å². The van der Waals surface area contributed by atoms with Crippen molar-refractivity contribution in [3.05, 3.63) is 58.1 Å². The standard InChI is InChI=1S/C16H19BrN2O/c1-19(15-5-3-4-12(8-15)10-18)11-13-9-14(17)6-7-16(13)20-2/h3-9H,10-11,18H2,1-2H3. The minimum Gasteiger partial charge on any atom is -0.496 e. The summed E-state index contributed by atoms with van der Waals surface area (Å²) < 4.78 is 6.47. The lowest BCUT2D eigenvalue weighted by Gasteiger charge is -2.21. The minimum atomic E-state index is 0.557. The van der Waals surface area contributed by atoms with E-state index in [9.17, 15) is 0 Å². The molecule has 0 fully saturated rings. The first kappa shape index (κ1) is 14.9. The summed E-state index contributed by atoms with van der Waals surface area (Å²) in [6.07, 6.45) is 0. The number of methoxy groups -OCH3 is 1. The van der Waals surface area contributed by atoms with Gasteiger partial charge in [0.1, 0.15) is 5.75 Å². The molecule has 0 radical (unpaired) electrons. The van der Waals surface area contributed by atoms with Crippen molar-refractivity contribution in [3.8, 4) is 5.75 Å². The molecule has 2 aromatic rings. The Kier molecular flexibility index (Phi) is 5.04. The first-order valence-electron chi connectivity index (χ1n) is 6.46. The van der Waals surface area contributed by atoms with E-state index in [1.807, 2.05) is 24.3 Å². The van der Waals surface area contributed by atoms with E-state index >= 15 is 0 Å². The Labute approximate surface area is 128 Å². The van der Waals surface area contributed by atoms with Gasteiger partial charge in [-0.15, -0.1) is 0 Å². The molecule has 0 aliphatic rings. The fourth-order valence-corrected chi connectivity index (χ4v) is 2.55. The number of benzene rings is 2. The Bertz CT molecular complexity index is 586. The third-order valence-electron chi connectivity index (χ3n) is 3.24. The van der Waals surface area contributed by atoms with E-state index in [1.165, 1.54) is 0 Å². The Morgan fingerprint density at radius 1 is 1.20 bits per heavy atom. The van der Waals surface area contributed by atoms with Crippen molar-refractivity contribution >= 4 is 21.6 Å². The van der Waals surface area contributed by atoms with Crippen LogP contribution in [0.2, 0.25) is 0 Å². The molecule has 0 unspecified atom stereocenters. The van der Waals surface area contributed by atoms with Gasteiger partial charge in [-0.3, -0.25) is 0 Å². The van der Waals surface area contributed by atoms with Crippen LogP contribution in [0.3, 0.4) is 0 Å². The van der Waals surface area contributed by atoms with Crippen LogP contribution in [0.1, 0.15) is 11.1 Å². The zero-order valence-corrected chi connectivity index (χ0v) is 13.4. The summed E-state index contributed by atoms with van der Waals surface area (Å²) in [5.41, 5.74) is 9.12. The van der Waals surface area contributed by atoms with E-state index in [4.69, 9.17) is 10.5 Å². The third kappa shape index (κ3) is 3.52. The molecular formula is C16H19BrN2O. The fourth-order valence-electron chi connectivity index (χ4n) is 2.14. The van der Waals surface area contributed by atoms with Crippen molar-refractivity contribution in [3.63, 3.8) is 0 Å². The fraction of sp³-hybridized carbons (Fsp3) is 0.250. The smallest absolute Gasteiger partial charge is 0.123 e. The van der Waals surface area contributed by atoms with Crippen LogP contribution in [0, 0.1) is 0 Å². The molecular weight excluding hydrogens is 316 g/mol. The van der Waals surface area contributed by atoms with Gasteiger partial charge in [0, 0.05) is 35.9 Å². The van der Waals surface area contributed by atoms with Crippen LogP contribution in [0.25, 0.3) is 0 Å². The number of anilines is 1. The Hall–Kier alpha value is -1.52. The van der Waals surface area contributed by atoms with Gasteiger partial charge >= 0.3 is 0 Å². The molecule has 0 aliphatic heterocycles. The van der Waals surface area contributed by atoms with Crippen molar-refractivity contribution in [1.29, 1.82) is 0 Å². The van der Waals surface area contributed by atoms with Gasteiger partial charge in [0.25, 0.3) is 0 Å². The number of hydrogen-bond acceptors (Lipinski definition) is 3. The van der Waals surface area contributed by atoms with Crippen LogP contribution in [-0.4, -0.2) is 14.2 Å². The average molecular weight is 335 g/mol. The number of hydrogen-bond donors (Lipinski definition) is 1. The SMILES string of the molecule is COc1ccc(Br)cc1CN(C)c1cccc(CN)c1. The van der Waals surface area contributed by atoms with Crippen LogP contribution >= 0.6 is 15.9 Å². The van der Waals surface area contributed by atoms with Crippen LogP contribution in [0.4, 0.5) is 5.69 Å². The van der Waals surface area contributed by atoms with E-state index in [-0.39, 0.29) is 0 Å². The highest BCUT2D eigenvalue weighted by Crippen LogP contribution is 2.26. The lowest BCUT2D eigenvalue weighted by molar-refractivity contribution is 0.409. The highest BCUT2D eigenvalue weighted by molar-refractivity contribution is 9.10. The zero-order valence-electron chi connectivity index (χ0n) is 11.8. The molecule has 0 aliphatic carbocycles. The lowest BCUT2D eigenvalue weighted by Crippen LogP contribution is -2.17. The van der Waals surface area contributed by atoms with E-state index < -0.39 is 0 Å². The van der Waals surface area contributed by atoms with Crippen molar-refractivity contribution in [2.24, 2.45) is 5.73 Å². The van der Waals surface area contributed by atoms with Crippen molar-refractivity contribution in [2.45, 2.75) is 13.1 Å². The van der Waals surface area contributed by atoms with Gasteiger partial charge in [-0.25, -0.2) is 0 Å². The summed E-state index contributed by atoms with van der Waals surface area (Å²) in [4.78, 5) is 2.18. The van der Waals surface area contributed by atoms with Gasteiger partial charge in [-0.2, -0.15) is 0 Å². The minimum absolute atomic E-state index is 0.557. The molecule has 0 heterocycles. The summed E-state index contributed by atoms with van der Waals surface area (Å²) in [7, 11) is 3.76. The number of rotatable bonds is 5. The molecule has 2 rings (SSSR count). The lowest BCUT2D eigenvalue weighted by atomic mass is 10.1. The Morgan fingerprint density at radius 3 is 2.70 bits per heavy atom. The second-order valence-electron chi connectivity index (χ2n) is 4.69. The van der Waals surface area contributed by atoms with Gasteiger partial charge in [0.15, 0.2) is 0 Å². The highest BCUT2D eigenvalue weighted by Gasteiger charge is 2.08. The second kappa shape index (κ2) is 6.77. The molecule has 2 N–H and O–H groups in total. The average Bonchev–Trinajstić information content (AvgIpc) is 2.47. The Balaban J connectivity index is 2.22. The zero-order chi connectivity index (χ0) is 14.5. The molecule has 106 valence electrons. The van der Waals surface area contributed by atoms with E-state index in [0.717, 1.165) is 33.6 Å². The molecule has 0 spiro atoms. The number of nitrogens with zero attached hydrogens (tertiary/aromatic N) is 1. The van der Waals surface area contributed by atoms with E-state index in [2.05, 4.69) is 46.1 Å². The molecule has 0 saturated heterocycles. The molecule has 0 amide bonds. The van der Waals surface area contributed by atoms with Gasteiger partial charge < -0.3 is 15.4 Å². The van der Waals surface area contributed by atoms with E-state index in [0.29, 0.717) is 6.54 Å². The summed E-state index contributed by atoms with van der Waals surface area (Å²) in [5, 5.41) is 0. The second-order valence-corrected chi connectivity index (χ2v) is 5.60. The maximum atomic E-state index is 5.69. The molecule has 4 heteroatoms. The molecule has 3 nitrogen and oxygen atoms in total. The van der Waals surface area contributed by atoms with E-state index in [1.54, 1.807) is 7.11 Å². The van der Waals surface area contributed by atoms with Crippen LogP contribution in [0.5, 0.6) is 5.75 Å². The van der Waals surface area contributed by atoms with Gasteiger partial charge in [0.2, 0.25) is 0 Å². The maximum absolute atomic E-state index is 5.69. The first-order chi connectivity index (χ1) is 9.63. The van der Waals surface area contributed by atoms with Gasteiger partial charge in [-0.05, 0) is 35.9 Å². The highest BCUT2D eigenvalue weighted by atomic mass is 79.9. The number of halogens is 1. The quantitative estimate of drug-likeness (QED) is 0.908. The molecule has 0 aromatic heterocycles. The van der Waals surface area contributed by atoms with Gasteiger partial charge in [0.05, 0.1) is 7.11 Å². The predicted molar refractivity (Wildman–Crippen MR) is 87.1 cm³/mol. The van der Waals surface area contributed by atoms with Crippen LogP contribution < -0.4 is 15.4 Å². The maximum Gasteiger partial charge on any atom is 0.123 e. The molecule has 0 atom stereocenters. The summed E-state index contributed by atoms with van der Waals surface area (Å²) in [5.74, 6) is 0.898. The molecule has 20 heavy (non-hydrogen) atoms. The summed E-state index contributed by atoms with van der Waals surface area (Å²) in [6.45, 7) is 1.33. The largest absolute Gasteiger partial charge is 0.496 e. The molecule has 0 bridgehead atoms. The molecule has 2 aromatic carbocycles. The molecule has 0 saturated carbocycles. The topological polar surface area (TPSA) is 38.5 Å².